The Morgan fingerprint density at radius 2 is 2.00 bits per heavy atom. The molecule has 0 atom stereocenters. The summed E-state index contributed by atoms with van der Waals surface area (Å²) in [5, 5.41) is 3.46. The maximum absolute atomic E-state index is 4.30. The largest absolute Gasteiger partial charge is 0.333 e. The van der Waals surface area contributed by atoms with Gasteiger partial charge < -0.3 is 9.88 Å². The van der Waals surface area contributed by atoms with E-state index in [9.17, 15) is 0 Å². The van der Waals surface area contributed by atoms with Gasteiger partial charge in [0.15, 0.2) is 0 Å². The van der Waals surface area contributed by atoms with Crippen molar-refractivity contribution in [2.75, 3.05) is 6.54 Å². The van der Waals surface area contributed by atoms with Crippen molar-refractivity contribution in [3.63, 3.8) is 0 Å². The summed E-state index contributed by atoms with van der Waals surface area (Å²) >= 11 is 0. The van der Waals surface area contributed by atoms with Crippen LogP contribution in [0.4, 0.5) is 0 Å². The Morgan fingerprint density at radius 3 is 2.68 bits per heavy atom. The van der Waals surface area contributed by atoms with Crippen molar-refractivity contribution in [2.24, 2.45) is 5.41 Å². The minimum Gasteiger partial charge on any atom is -0.333 e. The molecule has 3 heteroatoms. The van der Waals surface area contributed by atoms with Crippen LogP contribution in [0.3, 0.4) is 0 Å². The van der Waals surface area contributed by atoms with Gasteiger partial charge >= 0.3 is 0 Å². The van der Waals surface area contributed by atoms with E-state index in [1.165, 1.54) is 37.8 Å². The lowest BCUT2D eigenvalue weighted by molar-refractivity contribution is 0.268. The highest BCUT2D eigenvalue weighted by Crippen LogP contribution is 2.26. The molecule has 0 spiro atoms. The summed E-state index contributed by atoms with van der Waals surface area (Å²) in [5.74, 6) is 0. The Morgan fingerprint density at radius 1 is 1.21 bits per heavy atom. The lowest BCUT2D eigenvalue weighted by atomic mass is 9.86. The molecule has 1 aromatic rings. The van der Waals surface area contributed by atoms with Gasteiger partial charge in [-0.25, -0.2) is 4.98 Å². The van der Waals surface area contributed by atoms with E-state index in [-0.39, 0.29) is 0 Å². The molecular weight excluding hydrogens is 234 g/mol. The molecule has 0 radical (unpaired) electrons. The second-order valence-electron chi connectivity index (χ2n) is 6.31. The van der Waals surface area contributed by atoms with E-state index in [1.807, 2.05) is 12.5 Å². The van der Waals surface area contributed by atoms with Gasteiger partial charge in [0.05, 0.1) is 12.0 Å². The molecule has 1 rings (SSSR count). The maximum atomic E-state index is 4.30. The Kier molecular flexibility index (Phi) is 7.14. The molecule has 0 aliphatic carbocycles. The van der Waals surface area contributed by atoms with Crippen molar-refractivity contribution in [2.45, 2.75) is 72.9 Å². The maximum Gasteiger partial charge on any atom is 0.0948 e. The van der Waals surface area contributed by atoms with Crippen LogP contribution in [0.15, 0.2) is 12.5 Å². The van der Waals surface area contributed by atoms with Crippen LogP contribution in [0.5, 0.6) is 0 Å². The molecule has 1 N–H and O–H groups in total. The van der Waals surface area contributed by atoms with Crippen LogP contribution in [0.25, 0.3) is 0 Å². The molecule has 0 amide bonds. The van der Waals surface area contributed by atoms with Gasteiger partial charge in [-0.1, -0.05) is 47.0 Å². The molecule has 0 unspecified atom stereocenters. The number of nitrogens with zero attached hydrogens (tertiary/aromatic N) is 2. The SMILES string of the molecule is CCCCCC(C)(C)Cn1cncc1CNCCC. The molecule has 110 valence electrons. The summed E-state index contributed by atoms with van der Waals surface area (Å²) in [5.41, 5.74) is 1.66. The van der Waals surface area contributed by atoms with Crippen LogP contribution in [0.1, 0.15) is 65.5 Å². The predicted molar refractivity (Wildman–Crippen MR) is 82.1 cm³/mol. The quantitative estimate of drug-likeness (QED) is 0.648. The monoisotopic (exact) mass is 265 g/mol. The van der Waals surface area contributed by atoms with E-state index in [4.69, 9.17) is 0 Å². The molecule has 0 saturated heterocycles. The van der Waals surface area contributed by atoms with Crippen molar-refractivity contribution in [1.82, 2.24) is 14.9 Å². The van der Waals surface area contributed by atoms with Crippen molar-refractivity contribution in [3.8, 4) is 0 Å². The number of hydrogen-bond donors (Lipinski definition) is 1. The number of aromatic nitrogens is 2. The zero-order valence-corrected chi connectivity index (χ0v) is 13.2. The first-order chi connectivity index (χ1) is 9.09. The predicted octanol–water partition coefficient (Wildman–Crippen LogP) is 3.99. The molecule has 0 bridgehead atoms. The molecule has 1 heterocycles. The van der Waals surface area contributed by atoms with Crippen LogP contribution in [-0.4, -0.2) is 16.1 Å². The van der Waals surface area contributed by atoms with Gasteiger partial charge in [-0.05, 0) is 24.8 Å². The summed E-state index contributed by atoms with van der Waals surface area (Å²) in [6.07, 6.45) is 10.4. The highest BCUT2D eigenvalue weighted by Gasteiger charge is 2.19. The van der Waals surface area contributed by atoms with E-state index in [2.05, 4.69) is 42.6 Å². The van der Waals surface area contributed by atoms with Crippen LogP contribution >= 0.6 is 0 Å². The fraction of sp³-hybridized carbons (Fsp3) is 0.812. The second-order valence-corrected chi connectivity index (χ2v) is 6.31. The summed E-state index contributed by atoms with van der Waals surface area (Å²) < 4.78 is 2.31. The topological polar surface area (TPSA) is 29.9 Å². The number of hydrogen-bond acceptors (Lipinski definition) is 2. The molecule has 0 aromatic carbocycles. The first-order valence-electron chi connectivity index (χ1n) is 7.79. The van der Waals surface area contributed by atoms with E-state index >= 15 is 0 Å². The van der Waals surface area contributed by atoms with Crippen molar-refractivity contribution < 1.29 is 0 Å². The van der Waals surface area contributed by atoms with Crippen LogP contribution in [0.2, 0.25) is 0 Å². The fourth-order valence-electron chi connectivity index (χ4n) is 2.42. The van der Waals surface area contributed by atoms with Crippen molar-refractivity contribution >= 4 is 0 Å². The minimum atomic E-state index is 0.357. The minimum absolute atomic E-state index is 0.357. The Balaban J connectivity index is 2.48. The Bertz CT molecular complexity index is 342. The van der Waals surface area contributed by atoms with Gasteiger partial charge in [0, 0.05) is 19.3 Å². The van der Waals surface area contributed by atoms with Gasteiger partial charge in [-0.2, -0.15) is 0 Å². The van der Waals surface area contributed by atoms with E-state index in [0.717, 1.165) is 19.6 Å². The fourth-order valence-corrected chi connectivity index (χ4v) is 2.42. The number of unbranched alkanes of at least 4 members (excludes halogenated alkanes) is 2. The van der Waals surface area contributed by atoms with Crippen LogP contribution in [-0.2, 0) is 13.1 Å². The Labute approximate surface area is 118 Å². The van der Waals surface area contributed by atoms with Crippen molar-refractivity contribution in [3.05, 3.63) is 18.2 Å². The average Bonchev–Trinajstić information content (AvgIpc) is 2.76. The van der Waals surface area contributed by atoms with Crippen molar-refractivity contribution in [1.29, 1.82) is 0 Å². The standard InChI is InChI=1S/C16H31N3/c1-5-7-8-9-16(3,4)13-19-14-18-12-15(19)11-17-10-6-2/h12,14,17H,5-11,13H2,1-4H3. The number of rotatable bonds is 10. The summed E-state index contributed by atoms with van der Waals surface area (Å²) in [7, 11) is 0. The normalized spacial score (nSPS) is 12.0. The highest BCUT2D eigenvalue weighted by atomic mass is 15.1. The molecule has 0 fully saturated rings. The van der Waals surface area contributed by atoms with Crippen LogP contribution < -0.4 is 5.32 Å². The third kappa shape index (κ3) is 6.24. The smallest absolute Gasteiger partial charge is 0.0948 e. The van der Waals surface area contributed by atoms with Gasteiger partial charge in [-0.3, -0.25) is 0 Å². The number of imidazole rings is 1. The van der Waals surface area contributed by atoms with E-state index in [0.29, 0.717) is 5.41 Å². The zero-order chi connectivity index (χ0) is 14.1. The molecule has 0 aliphatic heterocycles. The number of nitrogens with one attached hydrogen (secondary N) is 1. The summed E-state index contributed by atoms with van der Waals surface area (Å²) in [6, 6.07) is 0. The summed E-state index contributed by atoms with van der Waals surface area (Å²) in [6.45, 7) is 12.3. The van der Waals surface area contributed by atoms with Gasteiger partial charge in [0.25, 0.3) is 0 Å². The lowest BCUT2D eigenvalue weighted by Gasteiger charge is -2.26. The summed E-state index contributed by atoms with van der Waals surface area (Å²) in [4.78, 5) is 4.30. The zero-order valence-electron chi connectivity index (χ0n) is 13.2. The molecule has 0 aliphatic rings. The first-order valence-corrected chi connectivity index (χ1v) is 7.79. The Hall–Kier alpha value is -0.830. The van der Waals surface area contributed by atoms with Crippen LogP contribution in [0, 0.1) is 5.41 Å². The highest BCUT2D eigenvalue weighted by molar-refractivity contribution is 4.98. The average molecular weight is 265 g/mol. The van der Waals surface area contributed by atoms with Gasteiger partial charge in [0.2, 0.25) is 0 Å². The molecule has 3 nitrogen and oxygen atoms in total. The second kappa shape index (κ2) is 8.36. The third-order valence-electron chi connectivity index (χ3n) is 3.59. The molecule has 19 heavy (non-hydrogen) atoms. The molecule has 1 aromatic heterocycles. The van der Waals surface area contributed by atoms with E-state index in [1.54, 1.807) is 0 Å². The van der Waals surface area contributed by atoms with E-state index < -0.39 is 0 Å². The van der Waals surface area contributed by atoms with Gasteiger partial charge in [0.1, 0.15) is 0 Å². The first kappa shape index (κ1) is 16.2. The molecular formula is C16H31N3. The molecule has 0 saturated carbocycles. The third-order valence-corrected chi connectivity index (χ3v) is 3.59. The lowest BCUT2D eigenvalue weighted by Crippen LogP contribution is -2.23. The van der Waals surface area contributed by atoms with Gasteiger partial charge in [-0.15, -0.1) is 0 Å².